The molecular weight excluding hydrogens is 411 g/mol. The minimum atomic E-state index is -0.472. The van der Waals surface area contributed by atoms with Gasteiger partial charge < -0.3 is 23.8 Å². The van der Waals surface area contributed by atoms with E-state index >= 15 is 0 Å². The number of piperazine rings is 1. The second-order valence-electron chi connectivity index (χ2n) is 10.4. The lowest BCUT2D eigenvalue weighted by Gasteiger charge is -2.37. The summed E-state index contributed by atoms with van der Waals surface area (Å²) in [4.78, 5) is 16.5. The first-order chi connectivity index (χ1) is 14.4. The number of carbonyl (C=O) groups excluding carboxylic acids is 1. The first kappa shape index (κ1) is 22.4. The molecule has 2 aliphatic heterocycles. The fraction of sp³-hybridized carbons (Fsp3) is 0.609. The van der Waals surface area contributed by atoms with Gasteiger partial charge in [-0.1, -0.05) is 6.07 Å². The number of benzene rings is 1. The maximum absolute atomic E-state index is 12.4. The van der Waals surface area contributed by atoms with Crippen LogP contribution in [0, 0.1) is 0 Å². The van der Waals surface area contributed by atoms with Gasteiger partial charge in [-0.3, -0.25) is 0 Å². The first-order valence-electron chi connectivity index (χ1n) is 11.0. The average Bonchev–Trinajstić information content (AvgIpc) is 3.18. The maximum Gasteiger partial charge on any atom is 0.505 e. The van der Waals surface area contributed by atoms with Crippen LogP contribution >= 0.6 is 11.3 Å². The molecule has 168 valence electrons. The van der Waals surface area contributed by atoms with Crippen LogP contribution in [-0.2, 0) is 14.0 Å². The quantitative estimate of drug-likeness (QED) is 0.648. The van der Waals surface area contributed by atoms with E-state index in [1.807, 2.05) is 20.8 Å². The maximum atomic E-state index is 12.4. The molecule has 2 aliphatic rings. The zero-order valence-corrected chi connectivity index (χ0v) is 20.5. The van der Waals surface area contributed by atoms with Crippen LogP contribution in [0.4, 0.5) is 10.5 Å². The minimum absolute atomic E-state index is 0.232. The smallest absolute Gasteiger partial charge is 0.444 e. The summed E-state index contributed by atoms with van der Waals surface area (Å²) in [5.41, 5.74) is 0.0179. The zero-order chi connectivity index (χ0) is 22.6. The molecule has 8 heteroatoms. The van der Waals surface area contributed by atoms with Crippen molar-refractivity contribution in [2.24, 2.45) is 0 Å². The Bertz CT molecular complexity index is 958. The van der Waals surface area contributed by atoms with Crippen molar-refractivity contribution in [1.82, 2.24) is 4.90 Å². The van der Waals surface area contributed by atoms with E-state index < -0.39 is 5.60 Å². The highest BCUT2D eigenvalue weighted by Crippen LogP contribution is 2.38. The number of amides is 1. The molecule has 2 saturated heterocycles. The van der Waals surface area contributed by atoms with Crippen LogP contribution < -0.4 is 9.68 Å². The molecule has 1 aromatic heterocycles. The predicted octanol–water partition coefficient (Wildman–Crippen LogP) is 4.26. The van der Waals surface area contributed by atoms with Crippen LogP contribution in [0.15, 0.2) is 24.3 Å². The van der Waals surface area contributed by atoms with Gasteiger partial charge in [-0.2, -0.15) is 0 Å². The van der Waals surface area contributed by atoms with Crippen LogP contribution in [0.1, 0.15) is 48.5 Å². The molecule has 0 bridgehead atoms. The SMILES string of the molecule is CC(C)(C)OC(=O)N1CCN(c2cccc3sc(B4OC(C)(C)C(C)(C)O4)cc23)CC1. The molecule has 4 rings (SSSR count). The molecule has 1 amide bonds. The fourth-order valence-electron chi connectivity index (χ4n) is 3.87. The molecule has 2 aromatic rings. The third-order valence-electron chi connectivity index (χ3n) is 6.32. The Morgan fingerprint density at radius 2 is 1.68 bits per heavy atom. The second kappa shape index (κ2) is 7.68. The Hall–Kier alpha value is -1.77. The molecule has 31 heavy (non-hydrogen) atoms. The van der Waals surface area contributed by atoms with Crippen LogP contribution in [0.2, 0.25) is 0 Å². The Morgan fingerprint density at radius 3 is 2.26 bits per heavy atom. The molecule has 1 aromatic carbocycles. The van der Waals surface area contributed by atoms with E-state index in [9.17, 15) is 4.79 Å². The van der Waals surface area contributed by atoms with Crippen molar-refractivity contribution in [2.45, 2.75) is 65.3 Å². The summed E-state index contributed by atoms with van der Waals surface area (Å²) in [5.74, 6) is 0. The van der Waals surface area contributed by atoms with E-state index in [4.69, 9.17) is 14.0 Å². The standard InChI is InChI=1S/C23H33BN2O4S/c1-21(2,3)28-20(27)26-13-11-25(12-14-26)17-9-8-10-18-16(17)15-19(31-18)24-29-22(4,5)23(6,7)30-24/h8-10,15H,11-14H2,1-7H3. The van der Waals surface area contributed by atoms with Crippen LogP contribution in [0.5, 0.6) is 0 Å². The van der Waals surface area contributed by atoms with Gasteiger partial charge in [0.25, 0.3) is 0 Å². The summed E-state index contributed by atoms with van der Waals surface area (Å²) in [7, 11) is -0.348. The van der Waals surface area contributed by atoms with Crippen molar-refractivity contribution >= 4 is 45.1 Å². The van der Waals surface area contributed by atoms with Gasteiger partial charge in [0.05, 0.1) is 11.2 Å². The van der Waals surface area contributed by atoms with Gasteiger partial charge >= 0.3 is 13.2 Å². The zero-order valence-electron chi connectivity index (χ0n) is 19.7. The Labute approximate surface area is 189 Å². The molecule has 0 spiro atoms. The Kier molecular flexibility index (Phi) is 5.55. The lowest BCUT2D eigenvalue weighted by molar-refractivity contribution is 0.00578. The molecule has 2 fully saturated rings. The topological polar surface area (TPSA) is 51.2 Å². The van der Waals surface area contributed by atoms with E-state index in [-0.39, 0.29) is 24.4 Å². The number of fused-ring (bicyclic) bond motifs is 1. The normalized spacial score (nSPS) is 21.1. The lowest BCUT2D eigenvalue weighted by Crippen LogP contribution is -2.50. The highest BCUT2D eigenvalue weighted by atomic mass is 32.1. The minimum Gasteiger partial charge on any atom is -0.444 e. The molecule has 0 atom stereocenters. The van der Waals surface area contributed by atoms with Gasteiger partial charge in [-0.15, -0.1) is 11.3 Å². The Balaban J connectivity index is 1.51. The third-order valence-corrected chi connectivity index (χ3v) is 7.44. The van der Waals surface area contributed by atoms with Crippen molar-refractivity contribution in [3.63, 3.8) is 0 Å². The number of carbonyl (C=O) groups is 1. The summed E-state index contributed by atoms with van der Waals surface area (Å²) in [5, 5.41) is 1.21. The summed E-state index contributed by atoms with van der Waals surface area (Å²) in [6, 6.07) is 8.61. The Morgan fingerprint density at radius 1 is 1.06 bits per heavy atom. The third kappa shape index (κ3) is 4.43. The van der Waals surface area contributed by atoms with E-state index in [0.29, 0.717) is 13.1 Å². The van der Waals surface area contributed by atoms with E-state index in [1.165, 1.54) is 15.8 Å². The van der Waals surface area contributed by atoms with Gasteiger partial charge in [-0.05, 0) is 66.7 Å². The molecule has 0 aliphatic carbocycles. The van der Waals surface area contributed by atoms with Gasteiger partial charge in [0, 0.05) is 46.7 Å². The van der Waals surface area contributed by atoms with Crippen LogP contribution in [-0.4, -0.2) is 61.1 Å². The number of nitrogens with zero attached hydrogens (tertiary/aromatic N) is 2. The van der Waals surface area contributed by atoms with Gasteiger partial charge in [-0.25, -0.2) is 4.79 Å². The van der Waals surface area contributed by atoms with Crippen LogP contribution in [0.25, 0.3) is 10.1 Å². The number of rotatable bonds is 2. The summed E-state index contributed by atoms with van der Waals surface area (Å²) < 4.78 is 20.4. The summed E-state index contributed by atoms with van der Waals surface area (Å²) in [6.07, 6.45) is -0.232. The van der Waals surface area contributed by atoms with E-state index in [2.05, 4.69) is 56.9 Å². The fourth-order valence-corrected chi connectivity index (χ4v) is 4.92. The van der Waals surface area contributed by atoms with E-state index in [0.717, 1.165) is 17.9 Å². The number of hydrogen-bond donors (Lipinski definition) is 0. The molecule has 0 radical (unpaired) electrons. The molecule has 0 unspecified atom stereocenters. The van der Waals surface area contributed by atoms with Crippen molar-refractivity contribution in [2.75, 3.05) is 31.1 Å². The summed E-state index contributed by atoms with van der Waals surface area (Å²) in [6.45, 7) is 16.9. The van der Waals surface area contributed by atoms with Crippen molar-refractivity contribution < 1.29 is 18.8 Å². The van der Waals surface area contributed by atoms with E-state index in [1.54, 1.807) is 16.2 Å². The molecule has 3 heterocycles. The molecule has 6 nitrogen and oxygen atoms in total. The highest BCUT2D eigenvalue weighted by Gasteiger charge is 2.52. The number of anilines is 1. The largest absolute Gasteiger partial charge is 0.505 e. The van der Waals surface area contributed by atoms with Crippen molar-refractivity contribution in [3.8, 4) is 0 Å². The monoisotopic (exact) mass is 444 g/mol. The lowest BCUT2D eigenvalue weighted by atomic mass is 9.87. The highest BCUT2D eigenvalue weighted by molar-refractivity contribution is 7.28. The first-order valence-corrected chi connectivity index (χ1v) is 11.8. The van der Waals surface area contributed by atoms with Gasteiger partial charge in [0.15, 0.2) is 0 Å². The van der Waals surface area contributed by atoms with Crippen molar-refractivity contribution in [3.05, 3.63) is 24.3 Å². The number of hydrogen-bond acceptors (Lipinski definition) is 6. The molecule has 0 N–H and O–H groups in total. The second-order valence-corrected chi connectivity index (χ2v) is 11.5. The van der Waals surface area contributed by atoms with Gasteiger partial charge in [0.1, 0.15) is 5.60 Å². The molecular formula is C23H33BN2O4S. The molecule has 0 saturated carbocycles. The number of ether oxygens (including phenoxy) is 1. The average molecular weight is 444 g/mol. The number of thiophene rings is 1. The van der Waals surface area contributed by atoms with Crippen molar-refractivity contribution in [1.29, 1.82) is 0 Å². The van der Waals surface area contributed by atoms with Gasteiger partial charge in [0.2, 0.25) is 0 Å². The summed E-state index contributed by atoms with van der Waals surface area (Å²) >= 11 is 1.72. The van der Waals surface area contributed by atoms with Crippen LogP contribution in [0.3, 0.4) is 0 Å². The predicted molar refractivity (Wildman–Crippen MR) is 128 cm³/mol.